The summed E-state index contributed by atoms with van der Waals surface area (Å²) in [5.41, 5.74) is 1.92. The topological polar surface area (TPSA) is 12.0 Å². The van der Waals surface area contributed by atoms with Crippen LogP contribution in [0.2, 0.25) is 0 Å². The first-order chi connectivity index (χ1) is 7.68. The fourth-order valence-electron chi connectivity index (χ4n) is 2.36. The Hall–Kier alpha value is -0.890. The fraction of sp³-hybridized carbons (Fsp3) is 0.571. The minimum Gasteiger partial charge on any atom is -0.310 e. The van der Waals surface area contributed by atoms with E-state index in [1.165, 1.54) is 12.8 Å². The molecule has 1 N–H and O–H groups in total. The van der Waals surface area contributed by atoms with Gasteiger partial charge in [-0.15, -0.1) is 0 Å². The number of halogens is 1. The Balaban J connectivity index is 2.19. The van der Waals surface area contributed by atoms with E-state index in [0.717, 1.165) is 24.1 Å². The van der Waals surface area contributed by atoms with Gasteiger partial charge >= 0.3 is 0 Å². The first-order valence-corrected chi connectivity index (χ1v) is 6.21. The van der Waals surface area contributed by atoms with Crippen LogP contribution in [-0.4, -0.2) is 6.54 Å². The molecule has 1 aromatic carbocycles. The van der Waals surface area contributed by atoms with E-state index in [9.17, 15) is 4.39 Å². The van der Waals surface area contributed by atoms with Crippen molar-refractivity contribution >= 4 is 0 Å². The average Bonchev–Trinajstić information content (AvgIpc) is 2.29. The number of nitrogens with one attached hydrogen (secondary N) is 1. The third-order valence-corrected chi connectivity index (χ3v) is 3.36. The maximum absolute atomic E-state index is 13.8. The first kappa shape index (κ1) is 11.6. The van der Waals surface area contributed by atoms with Gasteiger partial charge in [0.05, 0.1) is 0 Å². The molecular weight excluding hydrogens is 201 g/mol. The van der Waals surface area contributed by atoms with E-state index in [-0.39, 0.29) is 11.7 Å². The molecule has 1 nitrogen and oxygen atoms in total. The van der Waals surface area contributed by atoms with Crippen molar-refractivity contribution in [3.63, 3.8) is 0 Å². The molecule has 1 aliphatic rings. The highest BCUT2D eigenvalue weighted by atomic mass is 19.1. The van der Waals surface area contributed by atoms with Crippen molar-refractivity contribution in [2.75, 3.05) is 6.54 Å². The van der Waals surface area contributed by atoms with Gasteiger partial charge in [-0.1, -0.05) is 32.4 Å². The minimum absolute atomic E-state index is 0.0557. The van der Waals surface area contributed by atoms with Gasteiger partial charge < -0.3 is 5.32 Å². The zero-order valence-electron chi connectivity index (χ0n) is 10.1. The minimum atomic E-state index is -0.0557. The molecule has 16 heavy (non-hydrogen) atoms. The van der Waals surface area contributed by atoms with Crippen LogP contribution in [-0.2, 0) is 0 Å². The molecule has 1 saturated heterocycles. The summed E-state index contributed by atoms with van der Waals surface area (Å²) >= 11 is 0. The molecule has 1 fully saturated rings. The molecule has 0 aromatic heterocycles. The van der Waals surface area contributed by atoms with Crippen LogP contribution >= 0.6 is 0 Å². The van der Waals surface area contributed by atoms with Crippen molar-refractivity contribution < 1.29 is 4.39 Å². The van der Waals surface area contributed by atoms with E-state index in [1.807, 2.05) is 19.9 Å². The Kier molecular flexibility index (Phi) is 3.59. The molecule has 0 saturated carbocycles. The molecule has 2 heteroatoms. The molecule has 0 aliphatic carbocycles. The number of hydrogen-bond donors (Lipinski definition) is 1. The van der Waals surface area contributed by atoms with Crippen molar-refractivity contribution in [1.29, 1.82) is 0 Å². The molecule has 1 aliphatic heterocycles. The SMILES string of the molecule is CC(C)c1ccc(C2CCCCN2)cc1F. The van der Waals surface area contributed by atoms with Gasteiger partial charge in [-0.25, -0.2) is 4.39 Å². The van der Waals surface area contributed by atoms with Crippen LogP contribution < -0.4 is 5.32 Å². The summed E-state index contributed by atoms with van der Waals surface area (Å²) < 4.78 is 13.8. The Morgan fingerprint density at radius 1 is 1.31 bits per heavy atom. The third kappa shape index (κ3) is 2.43. The van der Waals surface area contributed by atoms with Gasteiger partial charge in [0.15, 0.2) is 0 Å². The standard InChI is InChI=1S/C14H20FN/c1-10(2)12-7-6-11(9-13(12)15)14-5-3-4-8-16-14/h6-7,9-10,14,16H,3-5,8H2,1-2H3. The summed E-state index contributed by atoms with van der Waals surface area (Å²) in [6.45, 7) is 5.10. The summed E-state index contributed by atoms with van der Waals surface area (Å²) in [4.78, 5) is 0. The second kappa shape index (κ2) is 4.96. The summed E-state index contributed by atoms with van der Waals surface area (Å²) in [6.07, 6.45) is 3.61. The molecule has 1 unspecified atom stereocenters. The molecule has 2 rings (SSSR count). The van der Waals surface area contributed by atoms with Crippen LogP contribution in [0.1, 0.15) is 56.2 Å². The van der Waals surface area contributed by atoms with Gasteiger partial charge in [-0.3, -0.25) is 0 Å². The quantitative estimate of drug-likeness (QED) is 0.801. The smallest absolute Gasteiger partial charge is 0.126 e. The number of benzene rings is 1. The van der Waals surface area contributed by atoms with Crippen molar-refractivity contribution in [2.45, 2.75) is 45.1 Å². The lowest BCUT2D eigenvalue weighted by Crippen LogP contribution is -2.26. The highest BCUT2D eigenvalue weighted by molar-refractivity contribution is 5.28. The van der Waals surface area contributed by atoms with Crippen LogP contribution in [0, 0.1) is 5.82 Å². The Labute approximate surface area is 97.1 Å². The molecule has 0 bridgehead atoms. The van der Waals surface area contributed by atoms with Crippen molar-refractivity contribution in [2.24, 2.45) is 0 Å². The number of hydrogen-bond acceptors (Lipinski definition) is 1. The zero-order chi connectivity index (χ0) is 11.5. The Morgan fingerprint density at radius 2 is 2.12 bits per heavy atom. The normalized spacial score (nSPS) is 21.4. The van der Waals surface area contributed by atoms with E-state index >= 15 is 0 Å². The van der Waals surface area contributed by atoms with E-state index in [1.54, 1.807) is 6.07 Å². The molecule has 1 atom stereocenters. The second-order valence-corrected chi connectivity index (χ2v) is 4.94. The predicted octanol–water partition coefficient (Wildman–Crippen LogP) is 3.76. The van der Waals surface area contributed by atoms with Crippen LogP contribution in [0.3, 0.4) is 0 Å². The third-order valence-electron chi connectivity index (χ3n) is 3.36. The lowest BCUT2D eigenvalue weighted by atomic mass is 9.94. The van der Waals surface area contributed by atoms with Gasteiger partial charge in [0.25, 0.3) is 0 Å². The predicted molar refractivity (Wildman–Crippen MR) is 65.1 cm³/mol. The van der Waals surface area contributed by atoms with Crippen molar-refractivity contribution in [3.8, 4) is 0 Å². The molecule has 0 radical (unpaired) electrons. The Morgan fingerprint density at radius 3 is 2.69 bits per heavy atom. The van der Waals surface area contributed by atoms with Gasteiger partial charge in [0, 0.05) is 6.04 Å². The van der Waals surface area contributed by atoms with Crippen molar-refractivity contribution in [1.82, 2.24) is 5.32 Å². The van der Waals surface area contributed by atoms with Crippen LogP contribution in [0.15, 0.2) is 18.2 Å². The largest absolute Gasteiger partial charge is 0.310 e. The molecule has 0 amide bonds. The summed E-state index contributed by atoms with van der Waals surface area (Å²) in [5, 5.41) is 3.44. The maximum atomic E-state index is 13.8. The highest BCUT2D eigenvalue weighted by Gasteiger charge is 2.16. The monoisotopic (exact) mass is 221 g/mol. The Bertz CT molecular complexity index is 354. The van der Waals surface area contributed by atoms with Crippen molar-refractivity contribution in [3.05, 3.63) is 35.1 Å². The molecule has 1 aromatic rings. The van der Waals surface area contributed by atoms with E-state index in [4.69, 9.17) is 0 Å². The second-order valence-electron chi connectivity index (χ2n) is 4.94. The summed E-state index contributed by atoms with van der Waals surface area (Å²) in [6, 6.07) is 6.06. The van der Waals surface area contributed by atoms with Crippen LogP contribution in [0.4, 0.5) is 4.39 Å². The molecular formula is C14H20FN. The van der Waals surface area contributed by atoms with Gasteiger partial charge in [0.1, 0.15) is 5.82 Å². The van der Waals surface area contributed by atoms with E-state index in [2.05, 4.69) is 11.4 Å². The number of rotatable bonds is 2. The maximum Gasteiger partial charge on any atom is 0.126 e. The summed E-state index contributed by atoms with van der Waals surface area (Å²) in [7, 11) is 0. The van der Waals surface area contributed by atoms with Crippen LogP contribution in [0.25, 0.3) is 0 Å². The van der Waals surface area contributed by atoms with Gasteiger partial charge in [-0.2, -0.15) is 0 Å². The van der Waals surface area contributed by atoms with Gasteiger partial charge in [0.2, 0.25) is 0 Å². The number of piperidine rings is 1. The zero-order valence-corrected chi connectivity index (χ0v) is 10.1. The van der Waals surface area contributed by atoms with E-state index < -0.39 is 0 Å². The van der Waals surface area contributed by atoms with E-state index in [0.29, 0.717) is 6.04 Å². The lowest BCUT2D eigenvalue weighted by Gasteiger charge is -2.24. The molecule has 88 valence electrons. The first-order valence-electron chi connectivity index (χ1n) is 6.21. The summed E-state index contributed by atoms with van der Waals surface area (Å²) in [5.74, 6) is 0.202. The fourth-order valence-corrected chi connectivity index (χ4v) is 2.36. The lowest BCUT2D eigenvalue weighted by molar-refractivity contribution is 0.410. The average molecular weight is 221 g/mol. The highest BCUT2D eigenvalue weighted by Crippen LogP contribution is 2.26. The molecule has 1 heterocycles. The van der Waals surface area contributed by atoms with Crippen LogP contribution in [0.5, 0.6) is 0 Å². The molecule has 0 spiro atoms. The van der Waals surface area contributed by atoms with Gasteiger partial charge in [-0.05, 0) is 42.5 Å².